The van der Waals surface area contributed by atoms with Crippen molar-refractivity contribution in [3.8, 4) is 11.6 Å². The van der Waals surface area contributed by atoms with Crippen LogP contribution in [-0.4, -0.2) is 51.0 Å². The van der Waals surface area contributed by atoms with Crippen molar-refractivity contribution in [3.05, 3.63) is 72.4 Å². The Bertz CT molecular complexity index is 1230. The minimum Gasteiger partial charge on any atom is -0.436 e. The summed E-state index contributed by atoms with van der Waals surface area (Å²) in [4.78, 5) is 21.9. The van der Waals surface area contributed by atoms with Gasteiger partial charge < -0.3 is 15.4 Å². The Morgan fingerprint density at radius 2 is 1.74 bits per heavy atom. The van der Waals surface area contributed by atoms with Crippen LogP contribution < -0.4 is 15.4 Å². The number of rotatable bonds is 5. The summed E-state index contributed by atoms with van der Waals surface area (Å²) in [6, 6.07) is 14.0. The average Bonchev–Trinajstić information content (AvgIpc) is 2.88. The fourth-order valence-electron chi connectivity index (χ4n) is 3.76. The molecule has 3 heterocycles. The summed E-state index contributed by atoms with van der Waals surface area (Å²) in [6.45, 7) is 8.23. The highest BCUT2D eigenvalue weighted by atomic mass is 19.1. The number of nitrogens with zero attached hydrogens (tertiary/aromatic N) is 6. The van der Waals surface area contributed by atoms with Gasteiger partial charge in [-0.3, -0.25) is 9.88 Å². The topological polar surface area (TPSA) is 93.3 Å². The quantitative estimate of drug-likeness (QED) is 0.471. The highest BCUT2D eigenvalue weighted by Crippen LogP contribution is 2.28. The van der Waals surface area contributed by atoms with Gasteiger partial charge in [-0.05, 0) is 29.8 Å². The minimum absolute atomic E-state index is 0.209. The zero-order chi connectivity index (χ0) is 23.9. The number of anilines is 2. The average molecular weight is 462 g/mol. The highest BCUT2D eigenvalue weighted by molar-refractivity contribution is 5.82. The van der Waals surface area contributed by atoms with Gasteiger partial charge in [0.05, 0.1) is 11.7 Å². The van der Waals surface area contributed by atoms with E-state index in [0.717, 1.165) is 44.1 Å². The lowest BCUT2D eigenvalue weighted by Crippen LogP contribution is -2.46. The molecule has 0 bridgehead atoms. The first kappa shape index (κ1) is 23.3. The van der Waals surface area contributed by atoms with Crippen molar-refractivity contribution in [3.63, 3.8) is 0 Å². The maximum atomic E-state index is 13.1. The number of hydrogen-bond acceptors (Lipinski definition) is 8. The van der Waals surface area contributed by atoms with Gasteiger partial charge in [-0.1, -0.05) is 32.0 Å². The number of ether oxygens (including phenoxy) is 1. The van der Waals surface area contributed by atoms with Gasteiger partial charge in [-0.2, -0.15) is 0 Å². The summed E-state index contributed by atoms with van der Waals surface area (Å²) in [6.07, 6.45) is 3.02. The number of para-hydroxylation sites is 1. The van der Waals surface area contributed by atoms with E-state index in [4.69, 9.17) is 10.5 Å². The zero-order valence-corrected chi connectivity index (χ0v) is 19.4. The fourth-order valence-corrected chi connectivity index (χ4v) is 3.76. The van der Waals surface area contributed by atoms with Gasteiger partial charge in [0.2, 0.25) is 5.88 Å². The molecule has 1 saturated heterocycles. The van der Waals surface area contributed by atoms with Crippen molar-refractivity contribution in [1.29, 1.82) is 0 Å². The van der Waals surface area contributed by atoms with E-state index in [-0.39, 0.29) is 5.82 Å². The van der Waals surface area contributed by atoms with Gasteiger partial charge in [0.25, 0.3) is 0 Å². The molecule has 9 heteroatoms. The molecular weight excluding hydrogens is 433 g/mol. The van der Waals surface area contributed by atoms with E-state index in [1.54, 1.807) is 0 Å². The van der Waals surface area contributed by atoms with Crippen molar-refractivity contribution in [2.45, 2.75) is 20.4 Å². The number of halogens is 1. The van der Waals surface area contributed by atoms with E-state index in [9.17, 15) is 4.39 Å². The molecule has 176 valence electrons. The van der Waals surface area contributed by atoms with E-state index in [1.165, 1.54) is 24.7 Å². The Balaban J connectivity index is 0.00000133. The predicted octanol–water partition coefficient (Wildman–Crippen LogP) is 4.28. The van der Waals surface area contributed by atoms with Gasteiger partial charge in [0, 0.05) is 38.8 Å². The van der Waals surface area contributed by atoms with Crippen molar-refractivity contribution in [2.24, 2.45) is 0 Å². The van der Waals surface area contributed by atoms with Crippen LogP contribution >= 0.6 is 0 Å². The number of benzene rings is 2. The standard InChI is InChI=1S/C23H22FN7O.C2H6/c24-17-6-4-16(5-7-17)14-30-8-10-31(11-9-30)21-12-22(28-15-27-21)32-19-3-1-2-18-23(19)29-20(25)13-26-18;1-2/h1-7,12-13,15H,8-11,14H2,(H2,25,29);1-2H3. The van der Waals surface area contributed by atoms with Crippen LogP contribution in [0.25, 0.3) is 11.0 Å². The predicted molar refractivity (Wildman–Crippen MR) is 131 cm³/mol. The van der Waals surface area contributed by atoms with E-state index >= 15 is 0 Å². The molecule has 0 saturated carbocycles. The van der Waals surface area contributed by atoms with Crippen LogP contribution in [0.5, 0.6) is 11.6 Å². The number of aromatic nitrogens is 4. The highest BCUT2D eigenvalue weighted by Gasteiger charge is 2.19. The van der Waals surface area contributed by atoms with E-state index in [0.29, 0.717) is 28.5 Å². The summed E-state index contributed by atoms with van der Waals surface area (Å²) in [5, 5.41) is 0. The summed E-state index contributed by atoms with van der Waals surface area (Å²) >= 11 is 0. The lowest BCUT2D eigenvalue weighted by molar-refractivity contribution is 0.249. The molecule has 0 unspecified atom stereocenters. The molecule has 2 aromatic heterocycles. The third-order valence-corrected chi connectivity index (χ3v) is 5.41. The fraction of sp³-hybridized carbons (Fsp3) is 0.280. The minimum atomic E-state index is -0.209. The van der Waals surface area contributed by atoms with Crippen LogP contribution in [-0.2, 0) is 6.54 Å². The molecule has 0 aliphatic carbocycles. The monoisotopic (exact) mass is 461 g/mol. The SMILES string of the molecule is CC.Nc1cnc2cccc(Oc3cc(N4CCN(Cc5ccc(F)cc5)CC4)ncn3)c2n1. The molecular formula is C25H28FN7O. The van der Waals surface area contributed by atoms with Crippen molar-refractivity contribution in [2.75, 3.05) is 36.8 Å². The lowest BCUT2D eigenvalue weighted by Gasteiger charge is -2.35. The number of fused-ring (bicyclic) bond motifs is 1. The Labute approximate surface area is 198 Å². The van der Waals surface area contributed by atoms with Crippen LogP contribution in [0.15, 0.2) is 61.1 Å². The number of nitrogens with two attached hydrogens (primary N) is 1. The maximum absolute atomic E-state index is 13.1. The van der Waals surface area contributed by atoms with E-state index in [1.807, 2.05) is 50.2 Å². The molecule has 0 radical (unpaired) electrons. The van der Waals surface area contributed by atoms with Crippen LogP contribution in [0.3, 0.4) is 0 Å². The van der Waals surface area contributed by atoms with Crippen molar-refractivity contribution < 1.29 is 9.13 Å². The second-order valence-corrected chi connectivity index (χ2v) is 7.62. The first-order chi connectivity index (χ1) is 16.6. The van der Waals surface area contributed by atoms with Crippen LogP contribution in [0.1, 0.15) is 19.4 Å². The molecule has 0 amide bonds. The second kappa shape index (κ2) is 10.8. The van der Waals surface area contributed by atoms with Crippen LogP contribution in [0, 0.1) is 5.82 Å². The first-order valence-electron chi connectivity index (χ1n) is 11.4. The molecule has 5 rings (SSSR count). The second-order valence-electron chi connectivity index (χ2n) is 7.62. The number of nitrogen functional groups attached to an aromatic ring is 1. The third kappa shape index (κ3) is 5.55. The summed E-state index contributed by atoms with van der Waals surface area (Å²) in [7, 11) is 0. The molecule has 1 aliphatic rings. The summed E-state index contributed by atoms with van der Waals surface area (Å²) in [5.74, 6) is 1.90. The van der Waals surface area contributed by atoms with Crippen molar-refractivity contribution in [1.82, 2.24) is 24.8 Å². The van der Waals surface area contributed by atoms with E-state index < -0.39 is 0 Å². The molecule has 0 atom stereocenters. The largest absolute Gasteiger partial charge is 0.436 e. The molecule has 4 aromatic rings. The molecule has 34 heavy (non-hydrogen) atoms. The Kier molecular flexibility index (Phi) is 7.44. The van der Waals surface area contributed by atoms with Gasteiger partial charge in [0.1, 0.15) is 29.3 Å². The Morgan fingerprint density at radius 3 is 2.50 bits per heavy atom. The zero-order valence-electron chi connectivity index (χ0n) is 19.4. The van der Waals surface area contributed by atoms with Gasteiger partial charge in [-0.15, -0.1) is 0 Å². The first-order valence-corrected chi connectivity index (χ1v) is 11.4. The molecule has 0 spiro atoms. The maximum Gasteiger partial charge on any atom is 0.224 e. The number of hydrogen-bond donors (Lipinski definition) is 1. The number of piperazine rings is 1. The van der Waals surface area contributed by atoms with Gasteiger partial charge >= 0.3 is 0 Å². The smallest absolute Gasteiger partial charge is 0.224 e. The molecule has 1 fully saturated rings. The summed E-state index contributed by atoms with van der Waals surface area (Å²) < 4.78 is 19.1. The van der Waals surface area contributed by atoms with Crippen LogP contribution in [0.4, 0.5) is 16.0 Å². The molecule has 8 nitrogen and oxygen atoms in total. The van der Waals surface area contributed by atoms with Crippen molar-refractivity contribution >= 4 is 22.7 Å². The third-order valence-electron chi connectivity index (χ3n) is 5.41. The molecule has 1 aliphatic heterocycles. The molecule has 2 aromatic carbocycles. The Hall–Kier alpha value is -3.85. The lowest BCUT2D eigenvalue weighted by atomic mass is 10.2. The van der Waals surface area contributed by atoms with Gasteiger partial charge in [0.15, 0.2) is 5.75 Å². The normalized spacial score (nSPS) is 13.9. The molecule has 2 N–H and O–H groups in total. The van der Waals surface area contributed by atoms with Crippen LogP contribution in [0.2, 0.25) is 0 Å². The van der Waals surface area contributed by atoms with E-state index in [2.05, 4.69) is 29.7 Å². The van der Waals surface area contributed by atoms with Gasteiger partial charge in [-0.25, -0.2) is 19.3 Å². The Morgan fingerprint density at radius 1 is 0.971 bits per heavy atom. The summed E-state index contributed by atoms with van der Waals surface area (Å²) in [5.41, 5.74) is 8.18.